The van der Waals surface area contributed by atoms with Gasteiger partial charge in [0.25, 0.3) is 0 Å². The van der Waals surface area contributed by atoms with Gasteiger partial charge in [0.2, 0.25) is 5.88 Å². The number of ether oxygens (including phenoxy) is 1. The van der Waals surface area contributed by atoms with Crippen molar-refractivity contribution in [2.75, 3.05) is 0 Å². The van der Waals surface area contributed by atoms with Gasteiger partial charge in [0.05, 0.1) is 12.0 Å². The van der Waals surface area contributed by atoms with E-state index in [1.165, 1.54) is 0 Å². The predicted molar refractivity (Wildman–Crippen MR) is 55.6 cm³/mol. The number of nitrogens with zero attached hydrogens (tertiary/aromatic N) is 1. The molecule has 0 atom stereocenters. The standard InChI is InChI=1S/C10H10BrNO2/c1-10(2)4-8(13)7-3-6(11)5-12-9(7)14-10/h3,5H,4H2,1-2H3. The van der Waals surface area contributed by atoms with E-state index in [-0.39, 0.29) is 5.78 Å². The third kappa shape index (κ3) is 1.66. The molecule has 1 aliphatic heterocycles. The zero-order chi connectivity index (χ0) is 10.3. The molecule has 0 unspecified atom stereocenters. The molecule has 2 rings (SSSR count). The lowest BCUT2D eigenvalue weighted by Crippen LogP contribution is -2.36. The van der Waals surface area contributed by atoms with Gasteiger partial charge in [0, 0.05) is 10.7 Å². The third-order valence-electron chi connectivity index (χ3n) is 2.08. The van der Waals surface area contributed by atoms with Crippen molar-refractivity contribution in [3.8, 4) is 5.88 Å². The van der Waals surface area contributed by atoms with E-state index >= 15 is 0 Å². The van der Waals surface area contributed by atoms with Gasteiger partial charge in [-0.05, 0) is 35.8 Å². The lowest BCUT2D eigenvalue weighted by atomic mass is 9.95. The summed E-state index contributed by atoms with van der Waals surface area (Å²) in [4.78, 5) is 15.8. The van der Waals surface area contributed by atoms with E-state index in [1.54, 1.807) is 12.3 Å². The quantitative estimate of drug-likeness (QED) is 0.716. The zero-order valence-electron chi connectivity index (χ0n) is 8.00. The Labute approximate surface area is 90.6 Å². The summed E-state index contributed by atoms with van der Waals surface area (Å²) in [5.74, 6) is 0.527. The van der Waals surface area contributed by atoms with Crippen molar-refractivity contribution >= 4 is 21.7 Å². The van der Waals surface area contributed by atoms with Crippen LogP contribution in [-0.4, -0.2) is 16.4 Å². The van der Waals surface area contributed by atoms with Crippen LogP contribution < -0.4 is 4.74 Å². The van der Waals surface area contributed by atoms with E-state index in [0.29, 0.717) is 17.9 Å². The molecule has 14 heavy (non-hydrogen) atoms. The number of hydrogen-bond donors (Lipinski definition) is 0. The molecule has 0 N–H and O–H groups in total. The van der Waals surface area contributed by atoms with Crippen LogP contribution >= 0.6 is 15.9 Å². The highest BCUT2D eigenvalue weighted by Crippen LogP contribution is 2.32. The van der Waals surface area contributed by atoms with Crippen molar-refractivity contribution in [2.24, 2.45) is 0 Å². The molecule has 4 heteroatoms. The molecule has 1 aliphatic rings. The summed E-state index contributed by atoms with van der Waals surface area (Å²) in [6.07, 6.45) is 2.03. The fourth-order valence-corrected chi connectivity index (χ4v) is 1.82. The van der Waals surface area contributed by atoms with E-state index in [0.717, 1.165) is 4.47 Å². The molecular formula is C10H10BrNO2. The maximum absolute atomic E-state index is 11.7. The molecular weight excluding hydrogens is 246 g/mol. The van der Waals surface area contributed by atoms with Crippen molar-refractivity contribution in [1.29, 1.82) is 0 Å². The minimum atomic E-state index is -0.440. The summed E-state index contributed by atoms with van der Waals surface area (Å²) in [5.41, 5.74) is 0.129. The Balaban J connectivity index is 2.50. The SMILES string of the molecule is CC1(C)CC(=O)c2cc(Br)cnc2O1. The largest absolute Gasteiger partial charge is 0.471 e. The zero-order valence-corrected chi connectivity index (χ0v) is 9.59. The molecule has 0 bridgehead atoms. The number of hydrogen-bond acceptors (Lipinski definition) is 3. The number of pyridine rings is 1. The van der Waals surface area contributed by atoms with Gasteiger partial charge in [0.1, 0.15) is 5.60 Å². The van der Waals surface area contributed by atoms with Gasteiger partial charge in [-0.2, -0.15) is 0 Å². The van der Waals surface area contributed by atoms with Gasteiger partial charge < -0.3 is 4.74 Å². The second-order valence-electron chi connectivity index (χ2n) is 3.97. The van der Waals surface area contributed by atoms with Crippen LogP contribution in [0.1, 0.15) is 30.6 Å². The van der Waals surface area contributed by atoms with Gasteiger partial charge in [-0.1, -0.05) is 0 Å². The normalized spacial score (nSPS) is 18.6. The molecule has 0 aliphatic carbocycles. The molecule has 0 radical (unpaired) electrons. The second kappa shape index (κ2) is 3.05. The van der Waals surface area contributed by atoms with Gasteiger partial charge in [-0.25, -0.2) is 4.98 Å². The van der Waals surface area contributed by atoms with Crippen LogP contribution in [-0.2, 0) is 0 Å². The molecule has 0 amide bonds. The number of carbonyl (C=O) groups excluding carboxylic acids is 1. The molecule has 1 aromatic rings. The van der Waals surface area contributed by atoms with Gasteiger partial charge in [-0.3, -0.25) is 4.79 Å². The van der Waals surface area contributed by atoms with Crippen LogP contribution in [0.15, 0.2) is 16.7 Å². The summed E-state index contributed by atoms with van der Waals surface area (Å²) >= 11 is 3.28. The molecule has 2 heterocycles. The fourth-order valence-electron chi connectivity index (χ4n) is 1.49. The highest BCUT2D eigenvalue weighted by atomic mass is 79.9. The van der Waals surface area contributed by atoms with Gasteiger partial charge in [0.15, 0.2) is 5.78 Å². The van der Waals surface area contributed by atoms with E-state index in [4.69, 9.17) is 4.74 Å². The van der Waals surface area contributed by atoms with Crippen molar-refractivity contribution in [1.82, 2.24) is 4.98 Å². The summed E-state index contributed by atoms with van der Waals surface area (Å²) in [6, 6.07) is 1.75. The Kier molecular flexibility index (Phi) is 2.10. The molecule has 0 spiro atoms. The van der Waals surface area contributed by atoms with Crippen LogP contribution in [0.5, 0.6) is 5.88 Å². The molecule has 0 saturated heterocycles. The monoisotopic (exact) mass is 255 g/mol. The van der Waals surface area contributed by atoms with Crippen molar-refractivity contribution in [3.63, 3.8) is 0 Å². The first-order valence-electron chi connectivity index (χ1n) is 4.36. The molecule has 0 aromatic carbocycles. The molecule has 1 aromatic heterocycles. The van der Waals surface area contributed by atoms with Crippen LogP contribution in [0.25, 0.3) is 0 Å². The van der Waals surface area contributed by atoms with Gasteiger partial charge in [-0.15, -0.1) is 0 Å². The van der Waals surface area contributed by atoms with Crippen LogP contribution in [0.3, 0.4) is 0 Å². The Morgan fingerprint density at radius 3 is 3.00 bits per heavy atom. The highest BCUT2D eigenvalue weighted by Gasteiger charge is 2.33. The Morgan fingerprint density at radius 1 is 1.57 bits per heavy atom. The minimum absolute atomic E-state index is 0.0880. The number of carbonyl (C=O) groups is 1. The van der Waals surface area contributed by atoms with Crippen LogP contribution in [0.2, 0.25) is 0 Å². The number of rotatable bonds is 0. The Morgan fingerprint density at radius 2 is 2.29 bits per heavy atom. The lowest BCUT2D eigenvalue weighted by Gasteiger charge is -2.30. The number of halogens is 1. The van der Waals surface area contributed by atoms with Crippen LogP contribution in [0, 0.1) is 0 Å². The first-order chi connectivity index (χ1) is 6.48. The maximum Gasteiger partial charge on any atom is 0.224 e. The molecule has 74 valence electrons. The van der Waals surface area contributed by atoms with E-state index < -0.39 is 5.60 Å². The first-order valence-corrected chi connectivity index (χ1v) is 5.15. The number of Topliss-reactive ketones (excluding diaryl/α,β-unsaturated/α-hetero) is 1. The summed E-state index contributed by atoms with van der Waals surface area (Å²) < 4.78 is 6.39. The predicted octanol–water partition coefficient (Wildman–Crippen LogP) is 2.59. The lowest BCUT2D eigenvalue weighted by molar-refractivity contribution is 0.0590. The van der Waals surface area contributed by atoms with E-state index in [2.05, 4.69) is 20.9 Å². The van der Waals surface area contributed by atoms with E-state index in [1.807, 2.05) is 13.8 Å². The number of ketones is 1. The minimum Gasteiger partial charge on any atom is -0.471 e. The third-order valence-corrected chi connectivity index (χ3v) is 2.51. The number of aromatic nitrogens is 1. The number of fused-ring (bicyclic) bond motifs is 1. The van der Waals surface area contributed by atoms with Crippen molar-refractivity contribution in [3.05, 3.63) is 22.3 Å². The Hall–Kier alpha value is -0.900. The maximum atomic E-state index is 11.7. The molecule has 3 nitrogen and oxygen atoms in total. The second-order valence-corrected chi connectivity index (χ2v) is 4.88. The smallest absolute Gasteiger partial charge is 0.224 e. The topological polar surface area (TPSA) is 39.2 Å². The summed E-state index contributed by atoms with van der Waals surface area (Å²) in [6.45, 7) is 3.77. The molecule has 0 fully saturated rings. The molecule has 0 saturated carbocycles. The van der Waals surface area contributed by atoms with Crippen molar-refractivity contribution < 1.29 is 9.53 Å². The average Bonchev–Trinajstić information content (AvgIpc) is 2.05. The fraction of sp³-hybridized carbons (Fsp3) is 0.400. The average molecular weight is 256 g/mol. The van der Waals surface area contributed by atoms with Crippen LogP contribution in [0.4, 0.5) is 0 Å². The highest BCUT2D eigenvalue weighted by molar-refractivity contribution is 9.10. The summed E-state index contributed by atoms with van der Waals surface area (Å²) in [5, 5.41) is 0. The van der Waals surface area contributed by atoms with E-state index in [9.17, 15) is 4.79 Å². The Bertz CT molecular complexity index is 401. The first kappa shape index (κ1) is 9.65. The van der Waals surface area contributed by atoms with Gasteiger partial charge >= 0.3 is 0 Å². The van der Waals surface area contributed by atoms with Crippen molar-refractivity contribution in [2.45, 2.75) is 25.9 Å². The summed E-state index contributed by atoms with van der Waals surface area (Å²) in [7, 11) is 0.